The van der Waals surface area contributed by atoms with Gasteiger partial charge in [0.25, 0.3) is 0 Å². The lowest BCUT2D eigenvalue weighted by Gasteiger charge is -2.10. The summed E-state index contributed by atoms with van der Waals surface area (Å²) in [5.41, 5.74) is 0. The zero-order valence-electron chi connectivity index (χ0n) is 5.06. The summed E-state index contributed by atoms with van der Waals surface area (Å²) in [4.78, 5) is 0. The van der Waals surface area contributed by atoms with Crippen LogP contribution in [0.1, 0.15) is 19.8 Å². The van der Waals surface area contributed by atoms with Crippen LogP contribution in [-0.2, 0) is 4.74 Å². The fourth-order valence-corrected chi connectivity index (χ4v) is 1.53. The van der Waals surface area contributed by atoms with Gasteiger partial charge in [-0.25, -0.2) is 0 Å². The number of rotatable bonds is 1. The number of hydrogen-bond donors (Lipinski definition) is 0. The van der Waals surface area contributed by atoms with Gasteiger partial charge in [-0.15, -0.1) is 0 Å². The van der Waals surface area contributed by atoms with Crippen molar-refractivity contribution in [3.8, 4) is 0 Å². The van der Waals surface area contributed by atoms with Crippen LogP contribution in [0.15, 0.2) is 0 Å². The Bertz CT molecular complexity index is 66.9. The number of ether oxygens (including phenoxy) is 1. The molecular formula is C6H11IO. The third kappa shape index (κ3) is 1.58. The highest BCUT2D eigenvalue weighted by molar-refractivity contribution is 14.1. The molecule has 0 amide bonds. The van der Waals surface area contributed by atoms with E-state index in [2.05, 4.69) is 29.5 Å². The summed E-state index contributed by atoms with van der Waals surface area (Å²) in [5.74, 6) is 0. The molecular weight excluding hydrogens is 215 g/mol. The summed E-state index contributed by atoms with van der Waals surface area (Å²) in [6.07, 6.45) is 3.08. The SMILES string of the molecule is C[C@H](I)[C@H]1CCCO1. The lowest BCUT2D eigenvalue weighted by atomic mass is 10.2. The first-order valence-corrected chi connectivity index (χ1v) is 4.31. The highest BCUT2D eigenvalue weighted by Crippen LogP contribution is 2.20. The van der Waals surface area contributed by atoms with Crippen LogP contribution in [0.5, 0.6) is 0 Å². The van der Waals surface area contributed by atoms with E-state index in [0.29, 0.717) is 10.0 Å². The predicted octanol–water partition coefficient (Wildman–Crippen LogP) is 1.99. The quantitative estimate of drug-likeness (QED) is 0.490. The Hall–Kier alpha value is 0.690. The molecule has 0 saturated carbocycles. The molecule has 0 N–H and O–H groups in total. The summed E-state index contributed by atoms with van der Waals surface area (Å²) < 4.78 is 6.10. The van der Waals surface area contributed by atoms with Crippen molar-refractivity contribution in [2.45, 2.75) is 29.8 Å². The molecule has 1 fully saturated rings. The van der Waals surface area contributed by atoms with Gasteiger partial charge in [0.2, 0.25) is 0 Å². The Morgan fingerprint density at radius 1 is 1.75 bits per heavy atom. The zero-order chi connectivity index (χ0) is 5.98. The van der Waals surface area contributed by atoms with Crippen LogP contribution in [0.2, 0.25) is 0 Å². The molecule has 2 atom stereocenters. The van der Waals surface area contributed by atoms with E-state index in [1.54, 1.807) is 0 Å². The van der Waals surface area contributed by atoms with Crippen LogP contribution in [0.3, 0.4) is 0 Å². The van der Waals surface area contributed by atoms with Crippen molar-refractivity contribution in [2.24, 2.45) is 0 Å². The van der Waals surface area contributed by atoms with Gasteiger partial charge in [-0.3, -0.25) is 0 Å². The number of halogens is 1. The van der Waals surface area contributed by atoms with Crippen LogP contribution in [0, 0.1) is 0 Å². The summed E-state index contributed by atoms with van der Waals surface area (Å²) in [6.45, 7) is 3.19. The molecule has 0 aromatic heterocycles. The van der Waals surface area contributed by atoms with E-state index in [1.807, 2.05) is 0 Å². The molecule has 1 aliphatic rings. The zero-order valence-corrected chi connectivity index (χ0v) is 7.22. The van der Waals surface area contributed by atoms with Gasteiger partial charge in [-0.05, 0) is 12.8 Å². The largest absolute Gasteiger partial charge is 0.377 e. The van der Waals surface area contributed by atoms with Crippen molar-refractivity contribution in [1.29, 1.82) is 0 Å². The molecule has 1 heterocycles. The second-order valence-corrected chi connectivity index (χ2v) is 4.19. The van der Waals surface area contributed by atoms with Crippen molar-refractivity contribution in [1.82, 2.24) is 0 Å². The molecule has 1 rings (SSSR count). The molecule has 1 aliphatic heterocycles. The minimum absolute atomic E-state index is 0.551. The van der Waals surface area contributed by atoms with Crippen LogP contribution < -0.4 is 0 Å². The highest BCUT2D eigenvalue weighted by atomic mass is 127. The van der Waals surface area contributed by atoms with Crippen molar-refractivity contribution in [3.63, 3.8) is 0 Å². The normalized spacial score (nSPS) is 33.0. The summed E-state index contributed by atoms with van der Waals surface area (Å²) in [7, 11) is 0. The van der Waals surface area contributed by atoms with E-state index in [4.69, 9.17) is 4.74 Å². The Kier molecular flexibility index (Phi) is 2.56. The third-order valence-corrected chi connectivity index (χ3v) is 2.28. The molecule has 1 nitrogen and oxygen atoms in total. The van der Waals surface area contributed by atoms with E-state index >= 15 is 0 Å². The maximum Gasteiger partial charge on any atom is 0.0690 e. The van der Waals surface area contributed by atoms with Crippen molar-refractivity contribution in [3.05, 3.63) is 0 Å². The molecule has 0 radical (unpaired) electrons. The van der Waals surface area contributed by atoms with Gasteiger partial charge in [0.05, 0.1) is 6.10 Å². The number of hydrogen-bond acceptors (Lipinski definition) is 1. The summed E-state index contributed by atoms with van der Waals surface area (Å²) >= 11 is 2.42. The minimum Gasteiger partial charge on any atom is -0.377 e. The number of alkyl halides is 1. The van der Waals surface area contributed by atoms with Crippen LogP contribution in [0.4, 0.5) is 0 Å². The van der Waals surface area contributed by atoms with Crippen molar-refractivity contribution >= 4 is 22.6 Å². The molecule has 0 aliphatic carbocycles. The third-order valence-electron chi connectivity index (χ3n) is 1.48. The van der Waals surface area contributed by atoms with E-state index < -0.39 is 0 Å². The molecule has 8 heavy (non-hydrogen) atoms. The van der Waals surface area contributed by atoms with Gasteiger partial charge in [0.15, 0.2) is 0 Å². The van der Waals surface area contributed by atoms with Gasteiger partial charge in [-0.2, -0.15) is 0 Å². The van der Waals surface area contributed by atoms with Crippen LogP contribution in [0.25, 0.3) is 0 Å². The molecule has 0 aromatic rings. The summed E-state index contributed by atoms with van der Waals surface area (Å²) in [5, 5.41) is 0. The fourth-order valence-electron chi connectivity index (χ4n) is 0.965. The van der Waals surface area contributed by atoms with Gasteiger partial charge < -0.3 is 4.74 Å². The average Bonchev–Trinajstić information content (AvgIpc) is 2.12. The maximum absolute atomic E-state index is 5.41. The molecule has 0 unspecified atom stereocenters. The van der Waals surface area contributed by atoms with Crippen LogP contribution >= 0.6 is 22.6 Å². The first-order chi connectivity index (χ1) is 3.80. The van der Waals surface area contributed by atoms with Crippen molar-refractivity contribution < 1.29 is 4.74 Å². The standard InChI is InChI=1S/C6H11IO/c1-5(7)6-3-2-4-8-6/h5-6H,2-4H2,1H3/t5-,6+/m0/s1. The average molecular weight is 226 g/mol. The van der Waals surface area contributed by atoms with Gasteiger partial charge in [0.1, 0.15) is 0 Å². The molecule has 0 spiro atoms. The molecule has 1 saturated heterocycles. The van der Waals surface area contributed by atoms with E-state index in [9.17, 15) is 0 Å². The second-order valence-electron chi connectivity index (χ2n) is 2.23. The van der Waals surface area contributed by atoms with Crippen molar-refractivity contribution in [2.75, 3.05) is 6.61 Å². The maximum atomic E-state index is 5.41. The first-order valence-electron chi connectivity index (χ1n) is 3.06. The van der Waals surface area contributed by atoms with Gasteiger partial charge in [0, 0.05) is 10.5 Å². The highest BCUT2D eigenvalue weighted by Gasteiger charge is 2.19. The van der Waals surface area contributed by atoms with E-state index in [0.717, 1.165) is 6.61 Å². The van der Waals surface area contributed by atoms with Crippen LogP contribution in [-0.4, -0.2) is 16.6 Å². The molecule has 48 valence electrons. The Morgan fingerprint density at radius 3 is 2.75 bits per heavy atom. The predicted molar refractivity (Wildman–Crippen MR) is 42.5 cm³/mol. The lowest BCUT2D eigenvalue weighted by Crippen LogP contribution is -2.14. The second kappa shape index (κ2) is 3.01. The fraction of sp³-hybridized carbons (Fsp3) is 1.00. The van der Waals surface area contributed by atoms with E-state index in [1.165, 1.54) is 12.8 Å². The van der Waals surface area contributed by atoms with Gasteiger partial charge >= 0.3 is 0 Å². The van der Waals surface area contributed by atoms with E-state index in [-0.39, 0.29) is 0 Å². The summed E-state index contributed by atoms with van der Waals surface area (Å²) in [6, 6.07) is 0. The topological polar surface area (TPSA) is 9.23 Å². The molecule has 2 heteroatoms. The smallest absolute Gasteiger partial charge is 0.0690 e. The Balaban J connectivity index is 2.24. The minimum atomic E-state index is 0.551. The molecule has 0 aromatic carbocycles. The Morgan fingerprint density at radius 2 is 2.50 bits per heavy atom. The first kappa shape index (κ1) is 6.81. The van der Waals surface area contributed by atoms with Gasteiger partial charge in [-0.1, -0.05) is 29.5 Å². The molecule has 0 bridgehead atoms. The lowest BCUT2D eigenvalue weighted by molar-refractivity contribution is 0.115. The monoisotopic (exact) mass is 226 g/mol. The Labute approximate surface area is 63.9 Å².